The molecule has 19 heavy (non-hydrogen) atoms. The van der Waals surface area contributed by atoms with Gasteiger partial charge < -0.3 is 14.6 Å². The summed E-state index contributed by atoms with van der Waals surface area (Å²) >= 11 is 0. The van der Waals surface area contributed by atoms with Crippen LogP contribution in [0.3, 0.4) is 0 Å². The highest BCUT2D eigenvalue weighted by atomic mass is 19.1. The van der Waals surface area contributed by atoms with Crippen molar-refractivity contribution >= 4 is 0 Å². The Balaban J connectivity index is 2.08. The lowest BCUT2D eigenvalue weighted by molar-refractivity contribution is 0.269. The molecule has 0 spiro atoms. The zero-order valence-corrected chi connectivity index (χ0v) is 10.9. The van der Waals surface area contributed by atoms with Gasteiger partial charge in [0.1, 0.15) is 0 Å². The summed E-state index contributed by atoms with van der Waals surface area (Å²) in [6.07, 6.45) is 1.21. The average molecular weight is 265 g/mol. The second kappa shape index (κ2) is 6.29. The highest BCUT2D eigenvalue weighted by molar-refractivity contribution is 5.35. The van der Waals surface area contributed by atoms with Crippen LogP contribution in [0.2, 0.25) is 0 Å². The van der Waals surface area contributed by atoms with Crippen LogP contribution in [-0.2, 0) is 13.2 Å². The third kappa shape index (κ3) is 3.75. The van der Waals surface area contributed by atoms with Gasteiger partial charge in [-0.3, -0.25) is 0 Å². The molecule has 0 aliphatic carbocycles. The first-order valence-electron chi connectivity index (χ1n) is 6.05. The number of ether oxygens (including phenoxy) is 1. The number of hydrogen-bond donors (Lipinski definition) is 1. The van der Waals surface area contributed by atoms with Gasteiger partial charge in [0, 0.05) is 18.2 Å². The molecule has 0 aliphatic rings. The Morgan fingerprint density at radius 2 is 2.26 bits per heavy atom. The largest absolute Gasteiger partial charge is 0.482 e. The fraction of sp³-hybridized carbons (Fsp3) is 0.385. The zero-order chi connectivity index (χ0) is 13.7. The van der Waals surface area contributed by atoms with Crippen molar-refractivity contribution < 1.29 is 13.7 Å². The number of hydrogen-bond acceptors (Lipinski definition) is 5. The van der Waals surface area contributed by atoms with E-state index in [9.17, 15) is 4.39 Å². The number of nitrogens with one attached hydrogen (secondary N) is 1. The Morgan fingerprint density at radius 1 is 1.42 bits per heavy atom. The van der Waals surface area contributed by atoms with E-state index in [4.69, 9.17) is 4.74 Å². The lowest BCUT2D eigenvalue weighted by Crippen LogP contribution is -2.22. The maximum Gasteiger partial charge on any atom is 0.213 e. The Bertz CT molecular complexity index is 515. The smallest absolute Gasteiger partial charge is 0.213 e. The molecule has 0 unspecified atom stereocenters. The van der Waals surface area contributed by atoms with E-state index < -0.39 is 5.82 Å². The van der Waals surface area contributed by atoms with Gasteiger partial charge in [0.2, 0.25) is 12.2 Å². The van der Waals surface area contributed by atoms with Crippen LogP contribution in [0.1, 0.15) is 25.2 Å². The van der Waals surface area contributed by atoms with Gasteiger partial charge in [-0.15, -0.1) is 0 Å². The molecule has 0 aliphatic heterocycles. The van der Waals surface area contributed by atoms with Gasteiger partial charge in [-0.05, 0) is 6.07 Å². The number of aromatic nitrogens is 2. The molecule has 2 rings (SSSR count). The van der Waals surface area contributed by atoms with Crippen LogP contribution in [-0.4, -0.2) is 16.2 Å². The van der Waals surface area contributed by atoms with E-state index in [-0.39, 0.29) is 12.4 Å². The topological polar surface area (TPSA) is 60.2 Å². The van der Waals surface area contributed by atoms with Crippen molar-refractivity contribution in [3.8, 4) is 5.75 Å². The number of rotatable bonds is 6. The van der Waals surface area contributed by atoms with Crippen molar-refractivity contribution in [2.24, 2.45) is 0 Å². The Hall–Kier alpha value is -1.95. The average Bonchev–Trinajstić information content (AvgIpc) is 2.88. The summed E-state index contributed by atoms with van der Waals surface area (Å²) in [5.41, 5.74) is 0.761. The molecule has 0 bridgehead atoms. The second-order valence-electron chi connectivity index (χ2n) is 4.40. The molecule has 2 aromatic rings. The molecular weight excluding hydrogens is 249 g/mol. The van der Waals surface area contributed by atoms with Crippen molar-refractivity contribution in [2.45, 2.75) is 33.0 Å². The van der Waals surface area contributed by atoms with Crippen LogP contribution < -0.4 is 10.1 Å². The summed E-state index contributed by atoms with van der Waals surface area (Å²) in [5, 5.41) is 6.84. The van der Waals surface area contributed by atoms with Gasteiger partial charge in [-0.2, -0.15) is 4.98 Å². The van der Waals surface area contributed by atoms with E-state index in [0.29, 0.717) is 18.4 Å². The first kappa shape index (κ1) is 13.5. The van der Waals surface area contributed by atoms with Crippen LogP contribution in [0.4, 0.5) is 4.39 Å². The van der Waals surface area contributed by atoms with Gasteiger partial charge in [0.15, 0.2) is 18.2 Å². The lowest BCUT2D eigenvalue weighted by atomic mass is 10.2. The second-order valence-corrected chi connectivity index (χ2v) is 4.40. The van der Waals surface area contributed by atoms with Crippen molar-refractivity contribution in [3.05, 3.63) is 41.8 Å². The molecule has 5 nitrogen and oxygen atoms in total. The van der Waals surface area contributed by atoms with Crippen molar-refractivity contribution in [1.82, 2.24) is 15.5 Å². The molecule has 1 N–H and O–H groups in total. The minimum atomic E-state index is -0.397. The fourth-order valence-electron chi connectivity index (χ4n) is 1.56. The predicted octanol–water partition coefficient (Wildman–Crippen LogP) is 2.29. The zero-order valence-electron chi connectivity index (χ0n) is 10.9. The summed E-state index contributed by atoms with van der Waals surface area (Å²) in [6, 6.07) is 5.16. The van der Waals surface area contributed by atoms with Gasteiger partial charge in [0.25, 0.3) is 0 Å². The van der Waals surface area contributed by atoms with Crippen LogP contribution in [0, 0.1) is 5.82 Å². The Morgan fingerprint density at radius 3 is 2.95 bits per heavy atom. The van der Waals surface area contributed by atoms with Crippen molar-refractivity contribution in [1.29, 1.82) is 0 Å². The fourth-order valence-corrected chi connectivity index (χ4v) is 1.56. The first-order chi connectivity index (χ1) is 9.16. The summed E-state index contributed by atoms with van der Waals surface area (Å²) in [5.74, 6) is 0.207. The van der Waals surface area contributed by atoms with Gasteiger partial charge in [-0.1, -0.05) is 31.1 Å². The van der Waals surface area contributed by atoms with E-state index in [0.717, 1.165) is 5.56 Å². The van der Waals surface area contributed by atoms with Gasteiger partial charge >= 0.3 is 0 Å². The summed E-state index contributed by atoms with van der Waals surface area (Å²) in [7, 11) is 0. The number of halogens is 1. The molecule has 102 valence electrons. The minimum absolute atomic E-state index is 0.0755. The number of benzene rings is 1. The van der Waals surface area contributed by atoms with Crippen LogP contribution in [0.5, 0.6) is 5.75 Å². The Kier molecular flexibility index (Phi) is 4.46. The Labute approximate surface area is 110 Å². The van der Waals surface area contributed by atoms with Crippen molar-refractivity contribution in [3.63, 3.8) is 0 Å². The van der Waals surface area contributed by atoms with E-state index in [1.165, 1.54) is 12.5 Å². The third-order valence-electron chi connectivity index (χ3n) is 2.50. The van der Waals surface area contributed by atoms with Crippen LogP contribution in [0.15, 0.2) is 29.1 Å². The van der Waals surface area contributed by atoms with E-state index in [1.54, 1.807) is 6.07 Å². The van der Waals surface area contributed by atoms with E-state index in [1.807, 2.05) is 19.9 Å². The molecule has 0 saturated heterocycles. The molecule has 1 heterocycles. The molecular formula is C13H16FN3O2. The first-order valence-corrected chi connectivity index (χ1v) is 6.05. The highest BCUT2D eigenvalue weighted by Gasteiger charge is 2.11. The standard InChI is InChI=1S/C13H16FN3O2/c1-9(2)15-6-10-4-3-5-11(14)13(10)18-7-12-16-8-19-17-12/h3-5,8-9,15H,6-7H2,1-2H3. The molecule has 0 fully saturated rings. The van der Waals surface area contributed by atoms with Gasteiger partial charge in [-0.25, -0.2) is 4.39 Å². The monoisotopic (exact) mass is 265 g/mol. The molecule has 1 aromatic carbocycles. The molecule has 0 saturated carbocycles. The normalized spacial score (nSPS) is 10.9. The number of nitrogens with zero attached hydrogens (tertiary/aromatic N) is 2. The maximum atomic E-state index is 13.8. The third-order valence-corrected chi connectivity index (χ3v) is 2.50. The summed E-state index contributed by atoms with van der Waals surface area (Å²) in [4.78, 5) is 3.82. The molecule has 0 amide bonds. The highest BCUT2D eigenvalue weighted by Crippen LogP contribution is 2.23. The quantitative estimate of drug-likeness (QED) is 0.868. The summed E-state index contributed by atoms with van der Waals surface area (Å²) < 4.78 is 23.8. The van der Waals surface area contributed by atoms with Crippen molar-refractivity contribution in [2.75, 3.05) is 0 Å². The minimum Gasteiger partial charge on any atom is -0.482 e. The molecule has 0 atom stereocenters. The van der Waals surface area contributed by atoms with Gasteiger partial charge in [0.05, 0.1) is 0 Å². The molecule has 0 radical (unpaired) electrons. The van der Waals surface area contributed by atoms with Crippen LogP contribution >= 0.6 is 0 Å². The van der Waals surface area contributed by atoms with E-state index >= 15 is 0 Å². The SMILES string of the molecule is CC(C)NCc1cccc(F)c1OCc1ncon1. The molecule has 6 heteroatoms. The summed E-state index contributed by atoms with van der Waals surface area (Å²) in [6.45, 7) is 4.67. The number of para-hydroxylation sites is 1. The predicted molar refractivity (Wildman–Crippen MR) is 67.0 cm³/mol. The lowest BCUT2D eigenvalue weighted by Gasteiger charge is -2.13. The maximum absolute atomic E-state index is 13.8. The van der Waals surface area contributed by atoms with E-state index in [2.05, 4.69) is 20.0 Å². The molecule has 1 aromatic heterocycles. The van der Waals surface area contributed by atoms with Crippen LogP contribution in [0.25, 0.3) is 0 Å².